The number of nitrogens with one attached hydrogen (secondary N) is 1. The zero-order valence-electron chi connectivity index (χ0n) is 13.1. The number of piperidine rings is 1. The summed E-state index contributed by atoms with van der Waals surface area (Å²) in [7, 11) is 2.08. The number of likely N-dealkylation sites (tertiary alicyclic amines) is 2. The number of carbonyl (C=O) groups excluding carboxylic acids is 1. The molecule has 6 nitrogen and oxygen atoms in total. The van der Waals surface area contributed by atoms with Gasteiger partial charge < -0.3 is 20.2 Å². The summed E-state index contributed by atoms with van der Waals surface area (Å²) in [5.74, 6) is -0.780. The second-order valence-electron chi connectivity index (χ2n) is 6.43. The van der Waals surface area contributed by atoms with Gasteiger partial charge in [0.05, 0.1) is 5.41 Å². The summed E-state index contributed by atoms with van der Waals surface area (Å²) >= 11 is 0. The fraction of sp³-hybridized carbons (Fsp3) is 0.867. The normalized spacial score (nSPS) is 30.4. The van der Waals surface area contributed by atoms with Crippen molar-refractivity contribution in [3.63, 3.8) is 0 Å². The van der Waals surface area contributed by atoms with E-state index in [4.69, 9.17) is 0 Å². The molecule has 2 atom stereocenters. The quantitative estimate of drug-likeness (QED) is 0.822. The van der Waals surface area contributed by atoms with Crippen LogP contribution in [0.25, 0.3) is 0 Å². The minimum Gasteiger partial charge on any atom is -0.481 e. The third-order valence-corrected chi connectivity index (χ3v) is 5.15. The molecule has 2 N–H and O–H groups in total. The molecule has 0 spiro atoms. The van der Waals surface area contributed by atoms with Crippen LogP contribution in [-0.2, 0) is 4.79 Å². The van der Waals surface area contributed by atoms with Gasteiger partial charge in [0.1, 0.15) is 0 Å². The van der Waals surface area contributed by atoms with E-state index in [0.717, 1.165) is 19.4 Å². The minimum absolute atomic E-state index is 0.117. The highest BCUT2D eigenvalue weighted by Gasteiger charge is 2.42. The maximum Gasteiger partial charge on any atom is 0.317 e. The fourth-order valence-electron chi connectivity index (χ4n) is 3.47. The van der Waals surface area contributed by atoms with Gasteiger partial charge in [0.15, 0.2) is 0 Å². The smallest absolute Gasteiger partial charge is 0.317 e. The number of hydrogen-bond acceptors (Lipinski definition) is 3. The summed E-state index contributed by atoms with van der Waals surface area (Å²) in [6.07, 6.45) is 4.28. The van der Waals surface area contributed by atoms with E-state index in [0.29, 0.717) is 38.5 Å². The lowest BCUT2D eigenvalue weighted by Gasteiger charge is -2.39. The molecule has 6 heteroatoms. The molecule has 2 aliphatic heterocycles. The Bertz CT molecular complexity index is 402. The number of urea groups is 1. The van der Waals surface area contributed by atoms with Crippen molar-refractivity contribution in [3.8, 4) is 0 Å². The fourth-order valence-corrected chi connectivity index (χ4v) is 3.47. The van der Waals surface area contributed by atoms with Gasteiger partial charge in [-0.3, -0.25) is 4.79 Å². The Morgan fingerprint density at radius 1 is 1.33 bits per heavy atom. The first kappa shape index (κ1) is 16.1. The van der Waals surface area contributed by atoms with Crippen LogP contribution in [0.5, 0.6) is 0 Å². The van der Waals surface area contributed by atoms with Crippen LogP contribution in [0.1, 0.15) is 39.0 Å². The Balaban J connectivity index is 1.88. The van der Waals surface area contributed by atoms with E-state index in [9.17, 15) is 14.7 Å². The molecule has 0 bridgehead atoms. The molecule has 0 aromatic carbocycles. The van der Waals surface area contributed by atoms with Gasteiger partial charge in [-0.2, -0.15) is 0 Å². The van der Waals surface area contributed by atoms with Crippen LogP contribution in [0, 0.1) is 5.41 Å². The van der Waals surface area contributed by atoms with Gasteiger partial charge in [0.2, 0.25) is 0 Å². The van der Waals surface area contributed by atoms with Crippen molar-refractivity contribution < 1.29 is 14.7 Å². The zero-order chi connectivity index (χ0) is 15.5. The van der Waals surface area contributed by atoms with Crippen molar-refractivity contribution in [1.82, 2.24) is 15.1 Å². The van der Waals surface area contributed by atoms with Crippen molar-refractivity contribution >= 4 is 12.0 Å². The Kier molecular flexibility index (Phi) is 5.08. The van der Waals surface area contributed by atoms with Crippen LogP contribution in [0.3, 0.4) is 0 Å². The summed E-state index contributed by atoms with van der Waals surface area (Å²) < 4.78 is 0. The molecule has 21 heavy (non-hydrogen) atoms. The Morgan fingerprint density at radius 3 is 2.67 bits per heavy atom. The van der Waals surface area contributed by atoms with Gasteiger partial charge in [-0.25, -0.2) is 4.79 Å². The molecule has 2 heterocycles. The van der Waals surface area contributed by atoms with Gasteiger partial charge in [-0.05, 0) is 45.7 Å². The second-order valence-corrected chi connectivity index (χ2v) is 6.43. The van der Waals surface area contributed by atoms with Crippen LogP contribution >= 0.6 is 0 Å². The first-order valence-corrected chi connectivity index (χ1v) is 7.95. The molecule has 2 rings (SSSR count). The van der Waals surface area contributed by atoms with E-state index in [1.807, 2.05) is 6.92 Å². The number of carboxylic acid groups (broad SMARTS) is 1. The minimum atomic E-state index is -0.780. The SMILES string of the molecule is CCC1(C(=O)O)CCCN(C(=O)NCC2CCCN2C)C1. The van der Waals surface area contributed by atoms with Crippen molar-refractivity contribution in [3.05, 3.63) is 0 Å². The highest BCUT2D eigenvalue weighted by atomic mass is 16.4. The maximum absolute atomic E-state index is 12.3. The van der Waals surface area contributed by atoms with Crippen LogP contribution < -0.4 is 5.32 Å². The molecular weight excluding hydrogens is 270 g/mol. The lowest BCUT2D eigenvalue weighted by Crippen LogP contribution is -2.53. The average molecular weight is 297 g/mol. The van der Waals surface area contributed by atoms with Gasteiger partial charge in [-0.15, -0.1) is 0 Å². The Hall–Kier alpha value is -1.30. The van der Waals surface area contributed by atoms with E-state index in [1.54, 1.807) is 4.90 Å². The largest absolute Gasteiger partial charge is 0.481 e. The van der Waals surface area contributed by atoms with Crippen molar-refractivity contribution in [1.29, 1.82) is 0 Å². The average Bonchev–Trinajstić information content (AvgIpc) is 2.89. The zero-order valence-corrected chi connectivity index (χ0v) is 13.1. The predicted molar refractivity (Wildman–Crippen MR) is 80.2 cm³/mol. The first-order chi connectivity index (χ1) is 9.98. The number of carbonyl (C=O) groups is 2. The first-order valence-electron chi connectivity index (χ1n) is 7.95. The number of likely N-dealkylation sites (N-methyl/N-ethyl adjacent to an activating group) is 1. The number of hydrogen-bond donors (Lipinski definition) is 2. The maximum atomic E-state index is 12.3. The third kappa shape index (κ3) is 3.48. The van der Waals surface area contributed by atoms with E-state index < -0.39 is 11.4 Å². The standard InChI is InChI=1S/C15H27N3O3/c1-3-15(13(19)20)7-5-9-18(11-15)14(21)16-10-12-6-4-8-17(12)2/h12H,3-11H2,1-2H3,(H,16,21)(H,19,20). The van der Waals surface area contributed by atoms with Gasteiger partial charge in [0.25, 0.3) is 0 Å². The monoisotopic (exact) mass is 297 g/mol. The van der Waals surface area contributed by atoms with Gasteiger partial charge in [0, 0.05) is 25.7 Å². The molecule has 0 aromatic rings. The number of nitrogens with zero attached hydrogens (tertiary/aromatic N) is 2. The van der Waals surface area contributed by atoms with E-state index in [-0.39, 0.29) is 6.03 Å². The molecule has 2 saturated heterocycles. The Morgan fingerprint density at radius 2 is 2.10 bits per heavy atom. The number of aliphatic carboxylic acids is 1. The molecule has 2 aliphatic rings. The lowest BCUT2D eigenvalue weighted by molar-refractivity contribution is -0.152. The molecule has 0 aliphatic carbocycles. The third-order valence-electron chi connectivity index (χ3n) is 5.15. The molecule has 120 valence electrons. The topological polar surface area (TPSA) is 72.9 Å². The van der Waals surface area contributed by atoms with Gasteiger partial charge in [-0.1, -0.05) is 6.92 Å². The number of carboxylic acids is 1. The van der Waals surface area contributed by atoms with Gasteiger partial charge >= 0.3 is 12.0 Å². The predicted octanol–water partition coefficient (Wildman–Crippen LogP) is 1.37. The summed E-state index contributed by atoms with van der Waals surface area (Å²) in [5, 5.41) is 12.4. The lowest BCUT2D eigenvalue weighted by atomic mass is 9.78. The molecule has 2 fully saturated rings. The summed E-state index contributed by atoms with van der Waals surface area (Å²) in [4.78, 5) is 27.8. The summed E-state index contributed by atoms with van der Waals surface area (Å²) in [5.41, 5.74) is -0.764. The molecule has 0 radical (unpaired) electrons. The van der Waals surface area contributed by atoms with Crippen LogP contribution in [0.4, 0.5) is 4.79 Å². The highest BCUT2D eigenvalue weighted by molar-refractivity contribution is 5.78. The van der Waals surface area contributed by atoms with E-state index in [2.05, 4.69) is 17.3 Å². The molecule has 0 saturated carbocycles. The highest BCUT2D eigenvalue weighted by Crippen LogP contribution is 2.33. The van der Waals surface area contributed by atoms with Crippen molar-refractivity contribution in [2.24, 2.45) is 5.41 Å². The second kappa shape index (κ2) is 6.64. The molecule has 2 unspecified atom stereocenters. The van der Waals surface area contributed by atoms with E-state index in [1.165, 1.54) is 6.42 Å². The molecule has 0 aromatic heterocycles. The van der Waals surface area contributed by atoms with Crippen molar-refractivity contribution in [2.45, 2.75) is 45.1 Å². The Labute approximate surface area is 126 Å². The van der Waals surface area contributed by atoms with Crippen molar-refractivity contribution in [2.75, 3.05) is 33.2 Å². The number of amides is 2. The summed E-state index contributed by atoms with van der Waals surface area (Å²) in [6.45, 7) is 4.61. The molecule has 2 amide bonds. The van der Waals surface area contributed by atoms with E-state index >= 15 is 0 Å². The molecular formula is C15H27N3O3. The number of rotatable bonds is 4. The van der Waals surface area contributed by atoms with Crippen LogP contribution in [-0.4, -0.2) is 66.2 Å². The van der Waals surface area contributed by atoms with Crippen LogP contribution in [0.15, 0.2) is 0 Å². The van der Waals surface area contributed by atoms with Crippen LogP contribution in [0.2, 0.25) is 0 Å². The summed E-state index contributed by atoms with van der Waals surface area (Å²) in [6, 6.07) is 0.295.